The summed E-state index contributed by atoms with van der Waals surface area (Å²) in [5, 5.41) is 3.24. The molecule has 1 atom stereocenters. The van der Waals surface area contributed by atoms with Gasteiger partial charge in [-0.25, -0.2) is 15.0 Å². The Morgan fingerprint density at radius 1 is 1.45 bits per heavy atom. The number of hydrogen-bond donors (Lipinski definition) is 1. The molecule has 1 saturated heterocycles. The number of para-hydroxylation sites is 1. The van der Waals surface area contributed by atoms with Crippen molar-refractivity contribution >= 4 is 28.6 Å². The molecule has 0 saturated carbocycles. The molecule has 2 heterocycles. The zero-order valence-corrected chi connectivity index (χ0v) is 12.3. The maximum atomic E-state index is 5.54. The van der Waals surface area contributed by atoms with Crippen LogP contribution in [0.4, 0.5) is 5.95 Å². The van der Waals surface area contributed by atoms with E-state index in [1.165, 1.54) is 0 Å². The fourth-order valence-corrected chi connectivity index (χ4v) is 2.95. The molecule has 1 aliphatic heterocycles. The molecule has 1 aliphatic rings. The molecule has 0 radical (unpaired) electrons. The summed E-state index contributed by atoms with van der Waals surface area (Å²) < 4.78 is 5.54. The average Bonchev–Trinajstić information content (AvgIpc) is 2.49. The second kappa shape index (κ2) is 6.39. The summed E-state index contributed by atoms with van der Waals surface area (Å²) in [6, 6.07) is 8.36. The van der Waals surface area contributed by atoms with Crippen molar-refractivity contribution in [2.45, 2.75) is 6.04 Å². The van der Waals surface area contributed by atoms with E-state index in [0.717, 1.165) is 36.4 Å². The van der Waals surface area contributed by atoms with Crippen LogP contribution in [0.2, 0.25) is 0 Å². The van der Waals surface area contributed by atoms with Crippen molar-refractivity contribution in [3.8, 4) is 0 Å². The van der Waals surface area contributed by atoms with Gasteiger partial charge >= 0.3 is 0 Å². The number of aromatic nitrogens is 2. The Morgan fingerprint density at radius 3 is 3.25 bits per heavy atom. The quantitative estimate of drug-likeness (QED) is 0.930. The first kappa shape index (κ1) is 13.6. The predicted octanol–water partition coefficient (Wildman–Crippen LogP) is 2.02. The van der Waals surface area contributed by atoms with Gasteiger partial charge in [0.15, 0.2) is 0 Å². The van der Waals surface area contributed by atoms with Crippen molar-refractivity contribution in [3.63, 3.8) is 0 Å². The van der Waals surface area contributed by atoms with Crippen molar-refractivity contribution in [2.24, 2.45) is 0 Å². The maximum Gasteiger partial charge on any atom is 0.238 e. The third-order valence-corrected chi connectivity index (χ3v) is 4.04. The summed E-state index contributed by atoms with van der Waals surface area (Å²) in [5.41, 5.74) is 4.28. The van der Waals surface area contributed by atoms with Gasteiger partial charge in [0, 0.05) is 23.9 Å². The predicted molar refractivity (Wildman–Crippen MR) is 82.9 cm³/mol. The molecule has 0 aliphatic carbocycles. The van der Waals surface area contributed by atoms with Crippen molar-refractivity contribution in [3.05, 3.63) is 30.5 Å². The highest BCUT2D eigenvalue weighted by molar-refractivity contribution is 7.98. The third kappa shape index (κ3) is 3.03. The van der Waals surface area contributed by atoms with Crippen LogP contribution < -0.4 is 5.43 Å². The Bertz CT molecular complexity index is 578. The molecule has 1 unspecified atom stereocenters. The van der Waals surface area contributed by atoms with Crippen LogP contribution >= 0.6 is 11.8 Å². The average molecular weight is 290 g/mol. The van der Waals surface area contributed by atoms with Crippen molar-refractivity contribution in [1.29, 1.82) is 0 Å². The van der Waals surface area contributed by atoms with Gasteiger partial charge in [-0.2, -0.15) is 11.8 Å². The van der Waals surface area contributed by atoms with E-state index in [0.29, 0.717) is 12.0 Å². The number of anilines is 1. The molecule has 1 aromatic carbocycles. The molecule has 1 N–H and O–H groups in total. The number of ether oxygens (including phenoxy) is 1. The topological polar surface area (TPSA) is 50.3 Å². The van der Waals surface area contributed by atoms with Crippen LogP contribution in [0.1, 0.15) is 0 Å². The first-order valence-electron chi connectivity index (χ1n) is 6.68. The third-order valence-electron chi connectivity index (χ3n) is 3.32. The Labute approximate surface area is 122 Å². The minimum atomic E-state index is 0.355. The van der Waals surface area contributed by atoms with E-state index >= 15 is 0 Å². The van der Waals surface area contributed by atoms with Crippen LogP contribution in [0.3, 0.4) is 0 Å². The highest BCUT2D eigenvalue weighted by Crippen LogP contribution is 2.15. The fraction of sp³-hybridized carbons (Fsp3) is 0.429. The number of hydrogen-bond acceptors (Lipinski definition) is 6. The van der Waals surface area contributed by atoms with Crippen molar-refractivity contribution < 1.29 is 4.74 Å². The van der Waals surface area contributed by atoms with E-state index < -0.39 is 0 Å². The number of hydrazine groups is 1. The summed E-state index contributed by atoms with van der Waals surface area (Å²) in [7, 11) is 0. The molecule has 2 aromatic rings. The molecule has 0 bridgehead atoms. The number of fused-ring (bicyclic) bond motifs is 1. The molecule has 1 aromatic heterocycles. The summed E-state index contributed by atoms with van der Waals surface area (Å²) in [6.07, 6.45) is 3.97. The number of morpholine rings is 1. The summed E-state index contributed by atoms with van der Waals surface area (Å²) in [6.45, 7) is 2.34. The van der Waals surface area contributed by atoms with E-state index in [9.17, 15) is 0 Å². The number of thioether (sulfide) groups is 1. The number of rotatable bonds is 4. The molecule has 6 heteroatoms. The number of nitrogens with one attached hydrogen (secondary N) is 1. The fourth-order valence-electron chi connectivity index (χ4n) is 2.29. The van der Waals surface area contributed by atoms with Gasteiger partial charge in [0.1, 0.15) is 0 Å². The van der Waals surface area contributed by atoms with E-state index in [1.54, 1.807) is 0 Å². The van der Waals surface area contributed by atoms with E-state index in [4.69, 9.17) is 4.74 Å². The largest absolute Gasteiger partial charge is 0.378 e. The highest BCUT2D eigenvalue weighted by Gasteiger charge is 2.23. The Balaban J connectivity index is 1.77. The number of benzene rings is 1. The van der Waals surface area contributed by atoms with Crippen molar-refractivity contribution in [2.75, 3.05) is 37.2 Å². The van der Waals surface area contributed by atoms with Crippen LogP contribution in [0.5, 0.6) is 0 Å². The summed E-state index contributed by atoms with van der Waals surface area (Å²) in [5.74, 6) is 1.68. The lowest BCUT2D eigenvalue weighted by molar-refractivity contribution is 0.0138. The SMILES string of the molecule is CSCC1COCCN1Nc1ncc2ccccc2n1. The molecule has 20 heavy (non-hydrogen) atoms. The van der Waals surface area contributed by atoms with Gasteiger partial charge in [-0.1, -0.05) is 18.2 Å². The lowest BCUT2D eigenvalue weighted by Gasteiger charge is -2.35. The standard InChI is InChI=1S/C14H18N4OS/c1-20-10-12-9-19-7-6-18(12)17-14-15-8-11-4-2-3-5-13(11)16-14/h2-5,8,12H,6-7,9-10H2,1H3,(H,15,16,17). The maximum absolute atomic E-state index is 5.54. The summed E-state index contributed by atoms with van der Waals surface area (Å²) in [4.78, 5) is 8.94. The molecule has 106 valence electrons. The first-order chi connectivity index (χ1) is 9.86. The Hall–Kier alpha value is -1.37. The molecule has 0 amide bonds. The zero-order chi connectivity index (χ0) is 13.8. The van der Waals surface area contributed by atoms with Gasteiger partial charge in [0.2, 0.25) is 5.95 Å². The molecular formula is C14H18N4OS. The van der Waals surface area contributed by atoms with Gasteiger partial charge in [-0.15, -0.1) is 0 Å². The monoisotopic (exact) mass is 290 g/mol. The van der Waals surface area contributed by atoms with Gasteiger partial charge < -0.3 is 4.74 Å². The normalized spacial score (nSPS) is 20.1. The Kier molecular flexibility index (Phi) is 4.34. The van der Waals surface area contributed by atoms with Gasteiger partial charge in [-0.05, 0) is 12.3 Å². The minimum Gasteiger partial charge on any atom is -0.378 e. The van der Waals surface area contributed by atoms with Gasteiger partial charge in [-0.3, -0.25) is 5.43 Å². The van der Waals surface area contributed by atoms with Crippen molar-refractivity contribution in [1.82, 2.24) is 15.0 Å². The highest BCUT2D eigenvalue weighted by atomic mass is 32.2. The van der Waals surface area contributed by atoms with Crippen LogP contribution in [-0.2, 0) is 4.74 Å². The molecule has 3 rings (SSSR count). The van der Waals surface area contributed by atoms with E-state index in [1.807, 2.05) is 42.2 Å². The Morgan fingerprint density at radius 2 is 2.35 bits per heavy atom. The van der Waals surface area contributed by atoms with Crippen LogP contribution in [0, 0.1) is 0 Å². The van der Waals surface area contributed by atoms with Gasteiger partial charge in [0.05, 0.1) is 24.8 Å². The van der Waals surface area contributed by atoms with Crippen LogP contribution in [0.15, 0.2) is 30.5 Å². The first-order valence-corrected chi connectivity index (χ1v) is 8.08. The zero-order valence-electron chi connectivity index (χ0n) is 11.5. The molecule has 5 nitrogen and oxygen atoms in total. The second-order valence-corrected chi connectivity index (χ2v) is 5.65. The number of nitrogens with zero attached hydrogens (tertiary/aromatic N) is 3. The van der Waals surface area contributed by atoms with E-state index in [-0.39, 0.29) is 0 Å². The van der Waals surface area contributed by atoms with Crippen LogP contribution in [-0.4, -0.2) is 52.8 Å². The summed E-state index contributed by atoms with van der Waals surface area (Å²) >= 11 is 1.82. The smallest absolute Gasteiger partial charge is 0.238 e. The lowest BCUT2D eigenvalue weighted by Crippen LogP contribution is -2.50. The van der Waals surface area contributed by atoms with Gasteiger partial charge in [0.25, 0.3) is 0 Å². The van der Waals surface area contributed by atoms with Crippen LogP contribution in [0.25, 0.3) is 10.9 Å². The lowest BCUT2D eigenvalue weighted by atomic mass is 10.2. The second-order valence-electron chi connectivity index (χ2n) is 4.74. The molecular weight excluding hydrogens is 272 g/mol. The van der Waals surface area contributed by atoms with E-state index in [2.05, 4.69) is 26.7 Å². The molecule has 1 fully saturated rings. The minimum absolute atomic E-state index is 0.355. The molecule has 0 spiro atoms.